The highest BCUT2D eigenvalue weighted by molar-refractivity contribution is 7.90. The fourth-order valence-electron chi connectivity index (χ4n) is 5.93. The van der Waals surface area contributed by atoms with Gasteiger partial charge in [0.05, 0.1) is 17.6 Å². The molecule has 10 nitrogen and oxygen atoms in total. The normalized spacial score (nSPS) is 21.3. The maximum absolute atomic E-state index is 15.5. The molecule has 2 unspecified atom stereocenters. The van der Waals surface area contributed by atoms with Gasteiger partial charge in [-0.05, 0) is 37.5 Å². The van der Waals surface area contributed by atoms with Gasteiger partial charge in [-0.25, -0.2) is 28.1 Å². The molecule has 3 aliphatic rings. The van der Waals surface area contributed by atoms with Crippen LogP contribution in [0.25, 0.3) is 22.2 Å². The second-order valence-corrected chi connectivity index (χ2v) is 12.3. The third-order valence-electron chi connectivity index (χ3n) is 8.47. The summed E-state index contributed by atoms with van der Waals surface area (Å²) >= 11 is -1.96. The predicted molar refractivity (Wildman–Crippen MR) is 155 cm³/mol. The lowest BCUT2D eigenvalue weighted by Gasteiger charge is -2.34. The Hall–Kier alpha value is -3.56. The van der Waals surface area contributed by atoms with E-state index in [0.717, 1.165) is 57.0 Å². The number of aromatic nitrogens is 4. The predicted octanol–water partition coefficient (Wildman–Crippen LogP) is 3.46. The summed E-state index contributed by atoms with van der Waals surface area (Å²) in [5.41, 5.74) is 0.487. The summed E-state index contributed by atoms with van der Waals surface area (Å²) in [5, 5.41) is 3.75. The smallest absolute Gasteiger partial charge is 0.201 e. The lowest BCUT2D eigenvalue weighted by atomic mass is 10.0. The Morgan fingerprint density at radius 2 is 1.81 bits per heavy atom. The summed E-state index contributed by atoms with van der Waals surface area (Å²) in [4.78, 5) is 32.7. The van der Waals surface area contributed by atoms with E-state index in [9.17, 15) is 18.1 Å². The van der Waals surface area contributed by atoms with Gasteiger partial charge in [-0.1, -0.05) is 0 Å². The highest BCUT2D eigenvalue weighted by Gasteiger charge is 2.52. The average Bonchev–Trinajstić information content (AvgIpc) is 3.54. The number of nitrogens with one attached hydrogen (secondary N) is 3. The highest BCUT2D eigenvalue weighted by atomic mass is 32.2. The monoisotopic (exact) mass is 610 g/mol. The summed E-state index contributed by atoms with van der Waals surface area (Å²) in [6.45, 7) is 3.94. The molecule has 43 heavy (non-hydrogen) atoms. The Balaban J connectivity index is 1.15. The van der Waals surface area contributed by atoms with Crippen molar-refractivity contribution in [3.8, 4) is 11.1 Å². The number of hydrogen-bond acceptors (Lipinski definition) is 9. The van der Waals surface area contributed by atoms with Crippen molar-refractivity contribution in [2.24, 2.45) is 0 Å². The third-order valence-corrected chi connectivity index (χ3v) is 9.66. The Kier molecular flexibility index (Phi) is 7.33. The standard InChI is InChI=1S/C29H29F3N8O2S/c30-19-3-8-40(16-19)43(42)38-23-2-1-22(31)24(25(23)32)26(41)21-15-35-27-20(21)11-17(12-34-27)18-13-36-28(37-14-18)29(4-5-29)39-9-6-33-7-10-39/h1-2,11-15,19,33,38H,3-10,16H2,(H,34,35). The van der Waals surface area contributed by atoms with E-state index in [4.69, 9.17) is 9.97 Å². The van der Waals surface area contributed by atoms with E-state index in [2.05, 4.69) is 24.9 Å². The van der Waals surface area contributed by atoms with Crippen molar-refractivity contribution in [3.05, 3.63) is 71.6 Å². The minimum Gasteiger partial charge on any atom is -0.573 e. The van der Waals surface area contributed by atoms with E-state index >= 15 is 4.39 Å². The SMILES string of the molecule is O=C(c1c(F)ccc(N[S+]([O-])N2CCC(F)C2)c1F)c1c[nH]c2ncc(-c3cnc(C4(N5CCNCC5)CC4)nc3)cc12. The molecule has 0 amide bonds. The number of halogens is 3. The van der Waals surface area contributed by atoms with Gasteiger partial charge in [-0.2, -0.15) is 4.72 Å². The lowest BCUT2D eigenvalue weighted by Crippen LogP contribution is -2.49. The van der Waals surface area contributed by atoms with Crippen molar-refractivity contribution in [2.45, 2.75) is 31.0 Å². The number of H-pyrrole nitrogens is 1. The molecule has 1 aliphatic carbocycles. The first-order valence-corrected chi connectivity index (χ1v) is 15.3. The van der Waals surface area contributed by atoms with Gasteiger partial charge in [0.2, 0.25) is 5.78 Å². The molecule has 0 radical (unpaired) electrons. The van der Waals surface area contributed by atoms with Gasteiger partial charge in [-0.3, -0.25) is 9.69 Å². The van der Waals surface area contributed by atoms with E-state index in [1.165, 1.54) is 10.5 Å². The van der Waals surface area contributed by atoms with Crippen LogP contribution in [-0.2, 0) is 17.1 Å². The van der Waals surface area contributed by atoms with Crippen molar-refractivity contribution < 1.29 is 22.5 Å². The molecular weight excluding hydrogens is 581 g/mol. The van der Waals surface area contributed by atoms with Crippen LogP contribution in [0.5, 0.6) is 0 Å². The minimum absolute atomic E-state index is 0.0217. The number of carbonyl (C=O) groups is 1. The molecular formula is C29H29F3N8O2S. The van der Waals surface area contributed by atoms with Gasteiger partial charge in [-0.15, -0.1) is 4.31 Å². The van der Waals surface area contributed by atoms with Crippen molar-refractivity contribution in [1.82, 2.24) is 34.5 Å². The molecule has 1 aromatic carbocycles. The van der Waals surface area contributed by atoms with Crippen LogP contribution in [0.15, 0.2) is 43.0 Å². The van der Waals surface area contributed by atoms with Gasteiger partial charge in [0, 0.05) is 79.6 Å². The number of anilines is 1. The van der Waals surface area contributed by atoms with Crippen LogP contribution < -0.4 is 10.0 Å². The Morgan fingerprint density at radius 3 is 2.51 bits per heavy atom. The molecule has 2 atom stereocenters. The first-order chi connectivity index (χ1) is 20.8. The highest BCUT2D eigenvalue weighted by Crippen LogP contribution is 2.49. The molecule has 2 aliphatic heterocycles. The van der Waals surface area contributed by atoms with Crippen molar-refractivity contribution >= 4 is 34.1 Å². The number of rotatable bonds is 8. The number of pyridine rings is 1. The zero-order valence-corrected chi connectivity index (χ0v) is 23.9. The largest absolute Gasteiger partial charge is 0.573 e. The van der Waals surface area contributed by atoms with E-state index in [1.807, 2.05) is 0 Å². The number of nitrogens with zero attached hydrogens (tertiary/aromatic N) is 5. The molecule has 3 fully saturated rings. The van der Waals surface area contributed by atoms with Gasteiger partial charge in [0.25, 0.3) is 0 Å². The Bertz CT molecular complexity index is 1680. The molecule has 7 rings (SSSR count). The zero-order valence-electron chi connectivity index (χ0n) is 23.1. The number of aromatic amines is 1. The van der Waals surface area contributed by atoms with Crippen LogP contribution in [0.4, 0.5) is 18.9 Å². The number of piperazine rings is 1. The van der Waals surface area contributed by atoms with Gasteiger partial charge in [0.1, 0.15) is 29.1 Å². The first kappa shape index (κ1) is 28.2. The Labute approximate surface area is 248 Å². The fraction of sp³-hybridized carbons (Fsp3) is 0.379. The maximum atomic E-state index is 15.5. The van der Waals surface area contributed by atoms with Crippen LogP contribution in [0, 0.1) is 11.6 Å². The van der Waals surface area contributed by atoms with E-state index in [1.54, 1.807) is 24.7 Å². The first-order valence-electron chi connectivity index (χ1n) is 14.2. The van der Waals surface area contributed by atoms with Crippen molar-refractivity contribution in [2.75, 3.05) is 44.0 Å². The zero-order chi connectivity index (χ0) is 29.7. The molecule has 2 saturated heterocycles. The van der Waals surface area contributed by atoms with Crippen LogP contribution in [-0.4, -0.2) is 84.9 Å². The van der Waals surface area contributed by atoms with Crippen LogP contribution in [0.1, 0.15) is 41.0 Å². The average molecular weight is 611 g/mol. The second-order valence-electron chi connectivity index (χ2n) is 11.1. The number of carbonyl (C=O) groups excluding carboxylic acids is 1. The summed E-state index contributed by atoms with van der Waals surface area (Å²) in [5.74, 6) is -2.36. The van der Waals surface area contributed by atoms with E-state index in [-0.39, 0.29) is 36.3 Å². The van der Waals surface area contributed by atoms with Crippen LogP contribution in [0.3, 0.4) is 0 Å². The van der Waals surface area contributed by atoms with Gasteiger partial charge >= 0.3 is 0 Å². The molecule has 3 aromatic heterocycles. The lowest BCUT2D eigenvalue weighted by molar-refractivity contribution is 0.103. The van der Waals surface area contributed by atoms with Crippen LogP contribution >= 0.6 is 0 Å². The Morgan fingerprint density at radius 1 is 1.07 bits per heavy atom. The van der Waals surface area contributed by atoms with Crippen molar-refractivity contribution in [1.29, 1.82) is 0 Å². The molecule has 224 valence electrons. The molecule has 0 bridgehead atoms. The molecule has 3 N–H and O–H groups in total. The maximum Gasteiger partial charge on any atom is 0.201 e. The second kappa shape index (κ2) is 11.2. The summed E-state index contributed by atoms with van der Waals surface area (Å²) in [6.07, 6.45) is 7.58. The van der Waals surface area contributed by atoms with Crippen molar-refractivity contribution in [3.63, 3.8) is 0 Å². The van der Waals surface area contributed by atoms with Crippen LogP contribution in [0.2, 0.25) is 0 Å². The quantitative estimate of drug-likeness (QED) is 0.203. The molecule has 0 spiro atoms. The minimum atomic E-state index is -1.96. The summed E-state index contributed by atoms with van der Waals surface area (Å²) in [6, 6.07) is 3.71. The van der Waals surface area contributed by atoms with E-state index in [0.29, 0.717) is 22.2 Å². The fourth-order valence-corrected chi connectivity index (χ4v) is 6.97. The number of fused-ring (bicyclic) bond motifs is 1. The molecule has 5 heterocycles. The molecule has 4 aromatic rings. The summed E-state index contributed by atoms with van der Waals surface area (Å²) in [7, 11) is 0. The summed E-state index contributed by atoms with van der Waals surface area (Å²) < 4.78 is 60.3. The van der Waals surface area contributed by atoms with Gasteiger partial charge in [0.15, 0.2) is 17.4 Å². The number of benzene rings is 1. The number of alkyl halides is 1. The van der Waals surface area contributed by atoms with E-state index < -0.39 is 40.7 Å². The topological polar surface area (TPSA) is 125 Å². The molecule has 1 saturated carbocycles. The third kappa shape index (κ3) is 5.16. The molecule has 14 heteroatoms. The number of ketones is 1. The van der Waals surface area contributed by atoms with Gasteiger partial charge < -0.3 is 14.9 Å². The number of hydrogen-bond donors (Lipinski definition) is 3.